The number of hydrogen-bond donors (Lipinski definition) is 0. The van der Waals surface area contributed by atoms with Crippen LogP contribution in [0.25, 0.3) is 77.2 Å². The quantitative estimate of drug-likeness (QED) is 0.166. The van der Waals surface area contributed by atoms with Crippen molar-refractivity contribution >= 4 is 38.6 Å². The second-order valence-electron chi connectivity index (χ2n) is 16.3. The summed E-state index contributed by atoms with van der Waals surface area (Å²) in [7, 11) is 0. The van der Waals surface area contributed by atoms with Crippen molar-refractivity contribution in [2.24, 2.45) is 0 Å². The third-order valence-corrected chi connectivity index (χ3v) is 11.6. The highest BCUT2D eigenvalue weighted by Crippen LogP contribution is 2.51. The Morgan fingerprint density at radius 1 is 0.339 bits per heavy atom. The summed E-state index contributed by atoms with van der Waals surface area (Å²) >= 11 is 0. The maximum Gasteiger partial charge on any atom is 0.0540 e. The summed E-state index contributed by atoms with van der Waals surface area (Å²) in [5.41, 5.74) is 18.8. The van der Waals surface area contributed by atoms with Crippen molar-refractivity contribution in [1.82, 2.24) is 0 Å². The molecule has 56 heavy (non-hydrogen) atoms. The zero-order chi connectivity index (χ0) is 38.0. The van der Waals surface area contributed by atoms with E-state index >= 15 is 0 Å². The molecule has 1 heteroatoms. The maximum absolute atomic E-state index is 2.45. The lowest BCUT2D eigenvalue weighted by Gasteiger charge is -2.30. The van der Waals surface area contributed by atoms with Gasteiger partial charge in [-0.15, -0.1) is 0 Å². The molecule has 0 saturated heterocycles. The Labute approximate surface area is 330 Å². The van der Waals surface area contributed by atoms with E-state index in [4.69, 9.17) is 0 Å². The van der Waals surface area contributed by atoms with Crippen molar-refractivity contribution in [2.45, 2.75) is 33.1 Å². The lowest BCUT2D eigenvalue weighted by Crippen LogP contribution is -2.12. The molecule has 0 radical (unpaired) electrons. The van der Waals surface area contributed by atoms with E-state index in [9.17, 15) is 0 Å². The van der Waals surface area contributed by atoms with Gasteiger partial charge in [0.05, 0.1) is 5.69 Å². The van der Waals surface area contributed by atoms with Crippen LogP contribution in [0.1, 0.15) is 31.9 Å². The number of nitrogens with zero attached hydrogens (tertiary/aromatic N) is 1. The van der Waals surface area contributed by atoms with Crippen molar-refractivity contribution in [2.75, 3.05) is 4.90 Å². The molecule has 0 heterocycles. The predicted octanol–water partition coefficient (Wildman–Crippen LogP) is 15.7. The van der Waals surface area contributed by atoms with Gasteiger partial charge in [0.2, 0.25) is 0 Å². The van der Waals surface area contributed by atoms with Gasteiger partial charge in [0, 0.05) is 16.9 Å². The second-order valence-corrected chi connectivity index (χ2v) is 16.3. The molecule has 9 aromatic carbocycles. The Balaban J connectivity index is 1.06. The molecule has 0 fully saturated rings. The molecule has 1 aliphatic carbocycles. The third-order valence-electron chi connectivity index (χ3n) is 11.6. The molecule has 0 aromatic heterocycles. The molecule has 0 spiro atoms. The standard InChI is InChI=1S/C55H43N/c1-36-13-11-12-18-53(36)56(54-28-24-41(37-14-7-5-8-15-37)31-48(54)39-16-9-6-10-17-39)47-27-23-43-33-50-51-34-44-29-40(38-21-25-46(26-22-38)55(2,3)4)19-20-42(44)32-49(51)52(50)35-45(43)30-47/h5-35H,1-4H3. The fraction of sp³-hybridized carbons (Fsp3) is 0.0909. The van der Waals surface area contributed by atoms with Gasteiger partial charge in [-0.2, -0.15) is 0 Å². The summed E-state index contributed by atoms with van der Waals surface area (Å²) in [5.74, 6) is 0. The minimum atomic E-state index is 0.144. The Morgan fingerprint density at radius 2 is 0.839 bits per heavy atom. The molecule has 9 aromatic rings. The summed E-state index contributed by atoms with van der Waals surface area (Å²) in [6.07, 6.45) is 0. The number of fused-ring (bicyclic) bond motifs is 6. The lowest BCUT2D eigenvalue weighted by atomic mass is 9.77. The van der Waals surface area contributed by atoms with E-state index in [0.29, 0.717) is 0 Å². The van der Waals surface area contributed by atoms with Crippen molar-refractivity contribution in [3.8, 4) is 55.6 Å². The summed E-state index contributed by atoms with van der Waals surface area (Å²) in [6.45, 7) is 9.01. The summed E-state index contributed by atoms with van der Waals surface area (Å²) in [5, 5.41) is 5.04. The molecular formula is C55H43N. The van der Waals surface area contributed by atoms with Gasteiger partial charge in [-0.05, 0) is 156 Å². The average Bonchev–Trinajstić information content (AvgIpc) is 3.23. The molecule has 10 rings (SSSR count). The Kier molecular flexibility index (Phi) is 8.01. The van der Waals surface area contributed by atoms with Crippen LogP contribution in [0, 0.1) is 6.92 Å². The number of rotatable bonds is 6. The molecule has 268 valence electrons. The molecule has 0 atom stereocenters. The fourth-order valence-electron chi connectivity index (χ4n) is 8.51. The number of para-hydroxylation sites is 1. The van der Waals surface area contributed by atoms with E-state index < -0.39 is 0 Å². The summed E-state index contributed by atoms with van der Waals surface area (Å²) in [4.78, 5) is 2.45. The molecule has 1 nitrogen and oxygen atoms in total. The highest BCUT2D eigenvalue weighted by atomic mass is 15.1. The van der Waals surface area contributed by atoms with E-state index in [0.717, 1.165) is 11.4 Å². The number of aryl methyl sites for hydroxylation is 1. The van der Waals surface area contributed by atoms with Crippen LogP contribution in [0.2, 0.25) is 0 Å². The van der Waals surface area contributed by atoms with Crippen LogP contribution in [0.15, 0.2) is 188 Å². The van der Waals surface area contributed by atoms with Crippen LogP contribution in [0.4, 0.5) is 17.1 Å². The van der Waals surface area contributed by atoms with Gasteiger partial charge in [0.15, 0.2) is 0 Å². The van der Waals surface area contributed by atoms with Gasteiger partial charge in [0.1, 0.15) is 0 Å². The van der Waals surface area contributed by atoms with E-state index in [2.05, 4.69) is 221 Å². The Bertz CT molecular complexity index is 2930. The summed E-state index contributed by atoms with van der Waals surface area (Å²) in [6, 6.07) is 69.6. The molecule has 0 N–H and O–H groups in total. The minimum Gasteiger partial charge on any atom is -0.310 e. The Morgan fingerprint density at radius 3 is 1.48 bits per heavy atom. The van der Waals surface area contributed by atoms with E-state index in [-0.39, 0.29) is 5.41 Å². The fourth-order valence-corrected chi connectivity index (χ4v) is 8.51. The SMILES string of the molecule is Cc1ccccc1N(c1ccc2cc3c(cc2c1)-c1cc2ccc(-c4ccc(C(C)(C)C)cc4)cc2cc1-3)c1ccc(-c2ccccc2)cc1-c1ccccc1. The molecule has 1 aliphatic rings. The van der Waals surface area contributed by atoms with Crippen LogP contribution >= 0.6 is 0 Å². The van der Waals surface area contributed by atoms with Gasteiger partial charge in [-0.25, -0.2) is 0 Å². The number of anilines is 3. The highest BCUT2D eigenvalue weighted by Gasteiger charge is 2.25. The van der Waals surface area contributed by atoms with Gasteiger partial charge >= 0.3 is 0 Å². The molecule has 0 bridgehead atoms. The zero-order valence-electron chi connectivity index (χ0n) is 32.3. The van der Waals surface area contributed by atoms with Crippen molar-refractivity contribution in [3.05, 3.63) is 199 Å². The first-order valence-electron chi connectivity index (χ1n) is 19.7. The maximum atomic E-state index is 2.45. The van der Waals surface area contributed by atoms with E-state index in [1.165, 1.54) is 94.0 Å². The van der Waals surface area contributed by atoms with Crippen LogP contribution in [0.3, 0.4) is 0 Å². The first kappa shape index (κ1) is 33.8. The smallest absolute Gasteiger partial charge is 0.0540 e. The van der Waals surface area contributed by atoms with Crippen LogP contribution in [0.5, 0.6) is 0 Å². The lowest BCUT2D eigenvalue weighted by molar-refractivity contribution is 0.590. The van der Waals surface area contributed by atoms with Crippen LogP contribution in [-0.2, 0) is 5.41 Å². The predicted molar refractivity (Wildman–Crippen MR) is 240 cm³/mol. The largest absolute Gasteiger partial charge is 0.310 e. The topological polar surface area (TPSA) is 3.24 Å². The summed E-state index contributed by atoms with van der Waals surface area (Å²) < 4.78 is 0. The van der Waals surface area contributed by atoms with Crippen molar-refractivity contribution < 1.29 is 0 Å². The molecule has 0 amide bonds. The third kappa shape index (κ3) is 5.88. The normalized spacial score (nSPS) is 11.9. The van der Waals surface area contributed by atoms with Crippen LogP contribution in [-0.4, -0.2) is 0 Å². The van der Waals surface area contributed by atoms with Gasteiger partial charge in [0.25, 0.3) is 0 Å². The monoisotopic (exact) mass is 717 g/mol. The average molecular weight is 718 g/mol. The second kappa shape index (κ2) is 13.3. The Hall–Kier alpha value is -6.70. The number of benzene rings is 9. The van der Waals surface area contributed by atoms with Gasteiger partial charge in [-0.3, -0.25) is 0 Å². The van der Waals surface area contributed by atoms with Crippen molar-refractivity contribution in [1.29, 1.82) is 0 Å². The molecule has 0 saturated carbocycles. The van der Waals surface area contributed by atoms with E-state index in [1.807, 2.05) is 0 Å². The molecule has 0 unspecified atom stereocenters. The molecular weight excluding hydrogens is 675 g/mol. The molecule has 0 aliphatic heterocycles. The highest BCUT2D eigenvalue weighted by molar-refractivity contribution is 6.12. The van der Waals surface area contributed by atoms with Gasteiger partial charge < -0.3 is 4.90 Å². The first-order chi connectivity index (χ1) is 27.3. The minimum absolute atomic E-state index is 0.144. The van der Waals surface area contributed by atoms with Gasteiger partial charge in [-0.1, -0.05) is 148 Å². The zero-order valence-corrected chi connectivity index (χ0v) is 32.3. The van der Waals surface area contributed by atoms with Crippen LogP contribution < -0.4 is 4.90 Å². The first-order valence-corrected chi connectivity index (χ1v) is 19.7. The number of hydrogen-bond acceptors (Lipinski definition) is 1. The van der Waals surface area contributed by atoms with E-state index in [1.54, 1.807) is 0 Å². The van der Waals surface area contributed by atoms with Crippen molar-refractivity contribution in [3.63, 3.8) is 0 Å².